The van der Waals surface area contributed by atoms with Crippen LogP contribution in [0.4, 0.5) is 8.78 Å². The molecule has 0 atom stereocenters. The van der Waals surface area contributed by atoms with Crippen molar-refractivity contribution >= 4 is 0 Å². The summed E-state index contributed by atoms with van der Waals surface area (Å²) in [6.07, 6.45) is 7.40. The highest BCUT2D eigenvalue weighted by molar-refractivity contribution is 5.73. The Labute approximate surface area is 202 Å². The smallest absolute Gasteiger partial charge is 0.166 e. The first-order valence-corrected chi connectivity index (χ1v) is 12.4. The maximum Gasteiger partial charge on any atom is 0.166 e. The number of rotatable bonds is 10. The van der Waals surface area contributed by atoms with Crippen molar-refractivity contribution in [3.8, 4) is 33.4 Å². The zero-order chi connectivity index (χ0) is 23.8. The van der Waals surface area contributed by atoms with Crippen molar-refractivity contribution in [3.63, 3.8) is 0 Å². The van der Waals surface area contributed by atoms with Crippen LogP contribution < -0.4 is 0 Å². The third kappa shape index (κ3) is 5.80. The van der Waals surface area contributed by atoms with E-state index in [1.54, 1.807) is 12.1 Å². The largest absolute Gasteiger partial charge is 0.203 e. The zero-order valence-electron chi connectivity index (χ0n) is 19.9. The van der Waals surface area contributed by atoms with Crippen LogP contribution >= 0.6 is 0 Å². The summed E-state index contributed by atoms with van der Waals surface area (Å²) in [5.41, 5.74) is 5.96. The molecule has 174 valence electrons. The van der Waals surface area contributed by atoms with Gasteiger partial charge in [-0.1, -0.05) is 130 Å². The van der Waals surface area contributed by atoms with Crippen LogP contribution in [0.2, 0.25) is 0 Å². The molecule has 0 bridgehead atoms. The summed E-state index contributed by atoms with van der Waals surface area (Å²) in [6.45, 7) is 2.19. The number of halogens is 2. The number of benzene rings is 4. The monoisotopic (exact) mass is 454 g/mol. The van der Waals surface area contributed by atoms with Gasteiger partial charge in [-0.05, 0) is 46.2 Å². The molecular weight excluding hydrogens is 422 g/mol. The van der Waals surface area contributed by atoms with Crippen molar-refractivity contribution in [1.82, 2.24) is 0 Å². The van der Waals surface area contributed by atoms with Gasteiger partial charge in [-0.25, -0.2) is 8.78 Å². The van der Waals surface area contributed by atoms with Crippen molar-refractivity contribution in [2.24, 2.45) is 0 Å². The summed E-state index contributed by atoms with van der Waals surface area (Å²) >= 11 is 0. The van der Waals surface area contributed by atoms with Gasteiger partial charge in [0, 0.05) is 5.56 Å². The maximum atomic E-state index is 14.9. The van der Waals surface area contributed by atoms with E-state index in [1.807, 2.05) is 42.5 Å². The number of hydrogen-bond acceptors (Lipinski definition) is 0. The fourth-order valence-corrected chi connectivity index (χ4v) is 4.43. The van der Waals surface area contributed by atoms with Gasteiger partial charge in [-0.15, -0.1) is 0 Å². The Morgan fingerprint density at radius 3 is 1.56 bits per heavy atom. The fraction of sp³-hybridized carbons (Fsp3) is 0.250. The Bertz CT molecular complexity index is 1180. The molecule has 0 fully saturated rings. The minimum absolute atomic E-state index is 0.315. The second kappa shape index (κ2) is 11.7. The molecule has 0 aliphatic rings. The first-order chi connectivity index (χ1) is 16.7. The number of aryl methyl sites for hydroxylation is 1. The first kappa shape index (κ1) is 23.9. The molecule has 34 heavy (non-hydrogen) atoms. The van der Waals surface area contributed by atoms with Crippen molar-refractivity contribution < 1.29 is 8.78 Å². The van der Waals surface area contributed by atoms with E-state index in [0.717, 1.165) is 30.4 Å². The maximum absolute atomic E-state index is 14.9. The number of unbranched alkanes of at least 4 members (excludes halogenated alkanes) is 5. The predicted octanol–water partition coefficient (Wildman–Crippen LogP) is 9.87. The van der Waals surface area contributed by atoms with E-state index >= 15 is 0 Å². The molecule has 0 unspecified atom stereocenters. The van der Waals surface area contributed by atoms with Gasteiger partial charge in [0.25, 0.3) is 0 Å². The van der Waals surface area contributed by atoms with Gasteiger partial charge in [0.15, 0.2) is 11.6 Å². The summed E-state index contributed by atoms with van der Waals surface area (Å²) in [7, 11) is 0. The average Bonchev–Trinajstić information content (AvgIpc) is 2.89. The van der Waals surface area contributed by atoms with Gasteiger partial charge >= 0.3 is 0 Å². The molecule has 4 rings (SSSR count). The minimum Gasteiger partial charge on any atom is -0.203 e. The first-order valence-electron chi connectivity index (χ1n) is 12.4. The molecule has 0 aromatic heterocycles. The van der Waals surface area contributed by atoms with E-state index < -0.39 is 11.6 Å². The highest BCUT2D eigenvalue weighted by atomic mass is 19.2. The summed E-state index contributed by atoms with van der Waals surface area (Å²) in [5, 5.41) is 0. The van der Waals surface area contributed by atoms with Gasteiger partial charge in [-0.2, -0.15) is 0 Å². The van der Waals surface area contributed by atoms with Crippen LogP contribution in [-0.4, -0.2) is 0 Å². The number of hydrogen-bond donors (Lipinski definition) is 0. The molecule has 0 saturated heterocycles. The molecular formula is C32H32F2. The molecule has 4 aromatic carbocycles. The molecule has 0 radical (unpaired) electrons. The normalized spacial score (nSPS) is 11.0. The van der Waals surface area contributed by atoms with Crippen molar-refractivity contribution in [3.05, 3.63) is 108 Å². The average molecular weight is 455 g/mol. The lowest BCUT2D eigenvalue weighted by molar-refractivity contribution is 0.497. The van der Waals surface area contributed by atoms with Crippen LogP contribution in [-0.2, 0) is 6.42 Å². The Morgan fingerprint density at radius 2 is 0.971 bits per heavy atom. The highest BCUT2D eigenvalue weighted by Crippen LogP contribution is 2.30. The van der Waals surface area contributed by atoms with E-state index in [0.29, 0.717) is 23.1 Å². The SMILES string of the molecule is CCCCCCCCc1ccc(-c2ccc(-c3ccc(-c4ccccc4)cc3)cc2)c(F)c1F. The molecule has 0 amide bonds. The lowest BCUT2D eigenvalue weighted by Gasteiger charge is -2.10. The lowest BCUT2D eigenvalue weighted by Crippen LogP contribution is -1.98. The van der Waals surface area contributed by atoms with Crippen molar-refractivity contribution in [2.45, 2.75) is 51.9 Å². The van der Waals surface area contributed by atoms with E-state index in [9.17, 15) is 8.78 Å². The molecule has 0 N–H and O–H groups in total. The molecule has 0 aliphatic carbocycles. The van der Waals surface area contributed by atoms with E-state index in [1.165, 1.54) is 30.4 Å². The topological polar surface area (TPSA) is 0 Å². The zero-order valence-corrected chi connectivity index (χ0v) is 19.9. The Hall–Kier alpha value is -3.26. The second-order valence-corrected chi connectivity index (χ2v) is 8.94. The van der Waals surface area contributed by atoms with Crippen LogP contribution in [0.1, 0.15) is 51.0 Å². The Balaban J connectivity index is 1.43. The van der Waals surface area contributed by atoms with Gasteiger partial charge in [0.05, 0.1) is 0 Å². The van der Waals surface area contributed by atoms with E-state index in [-0.39, 0.29) is 0 Å². The predicted molar refractivity (Wildman–Crippen MR) is 140 cm³/mol. The van der Waals surface area contributed by atoms with E-state index in [2.05, 4.69) is 43.3 Å². The summed E-state index contributed by atoms with van der Waals surface area (Å²) in [5.74, 6) is -1.45. The van der Waals surface area contributed by atoms with Crippen LogP contribution in [0.25, 0.3) is 33.4 Å². The van der Waals surface area contributed by atoms with Crippen LogP contribution in [0.3, 0.4) is 0 Å². The summed E-state index contributed by atoms with van der Waals surface area (Å²) in [6, 6.07) is 29.8. The lowest BCUT2D eigenvalue weighted by atomic mass is 9.96. The van der Waals surface area contributed by atoms with Gasteiger partial charge in [0.1, 0.15) is 0 Å². The van der Waals surface area contributed by atoms with Crippen LogP contribution in [0.15, 0.2) is 91.0 Å². The summed E-state index contributed by atoms with van der Waals surface area (Å²) in [4.78, 5) is 0. The summed E-state index contributed by atoms with van der Waals surface area (Å²) < 4.78 is 29.6. The Kier molecular flexibility index (Phi) is 8.25. The molecule has 4 aromatic rings. The van der Waals surface area contributed by atoms with Crippen LogP contribution in [0, 0.1) is 11.6 Å². The van der Waals surface area contributed by atoms with Crippen molar-refractivity contribution in [1.29, 1.82) is 0 Å². The second-order valence-electron chi connectivity index (χ2n) is 8.94. The third-order valence-corrected chi connectivity index (χ3v) is 6.48. The molecule has 0 saturated carbocycles. The minimum atomic E-state index is -0.747. The highest BCUT2D eigenvalue weighted by Gasteiger charge is 2.14. The van der Waals surface area contributed by atoms with Crippen LogP contribution in [0.5, 0.6) is 0 Å². The van der Waals surface area contributed by atoms with E-state index in [4.69, 9.17) is 0 Å². The molecule has 0 heterocycles. The van der Waals surface area contributed by atoms with Crippen molar-refractivity contribution in [2.75, 3.05) is 0 Å². The molecule has 0 nitrogen and oxygen atoms in total. The molecule has 0 aliphatic heterocycles. The molecule has 2 heteroatoms. The fourth-order valence-electron chi connectivity index (χ4n) is 4.43. The van der Waals surface area contributed by atoms with Gasteiger partial charge in [-0.3, -0.25) is 0 Å². The van der Waals surface area contributed by atoms with Gasteiger partial charge in [0.2, 0.25) is 0 Å². The quantitative estimate of drug-likeness (QED) is 0.209. The Morgan fingerprint density at radius 1 is 0.471 bits per heavy atom. The standard InChI is InChI=1S/C32H32F2/c1-2-3-4-5-6-8-13-29-22-23-30(32(34)31(29)33)28-20-18-27(19-21-28)26-16-14-25(15-17-26)24-11-9-7-10-12-24/h7,9-12,14-23H,2-6,8,13H2,1H3. The third-order valence-electron chi connectivity index (χ3n) is 6.48. The van der Waals surface area contributed by atoms with Gasteiger partial charge < -0.3 is 0 Å². The molecule has 0 spiro atoms.